The third kappa shape index (κ3) is 3.00. The Morgan fingerprint density at radius 2 is 2.03 bits per heavy atom. The average molecular weight is 399 g/mol. The predicted molar refractivity (Wildman–Crippen MR) is 120 cm³/mol. The zero-order valence-electron chi connectivity index (χ0n) is 17.2. The molecule has 0 atom stereocenters. The minimum Gasteiger partial charge on any atom is -0.383 e. The molecule has 1 amide bonds. The van der Waals surface area contributed by atoms with Gasteiger partial charge in [-0.05, 0) is 61.6 Å². The monoisotopic (exact) mass is 399 g/mol. The fraction of sp³-hybridized carbons (Fsp3) is 0.292. The van der Waals surface area contributed by atoms with Crippen LogP contribution < -0.4 is 11.1 Å². The maximum atomic E-state index is 12.8. The normalized spacial score (nSPS) is 14.4. The molecule has 152 valence electrons. The van der Waals surface area contributed by atoms with Gasteiger partial charge in [0, 0.05) is 29.4 Å². The van der Waals surface area contributed by atoms with Crippen molar-refractivity contribution in [3.63, 3.8) is 0 Å². The molecule has 2 aromatic carbocycles. The molecular formula is C24H25N5O. The second kappa shape index (κ2) is 7.13. The second-order valence-electron chi connectivity index (χ2n) is 8.34. The molecule has 6 heteroatoms. The molecule has 30 heavy (non-hydrogen) atoms. The quantitative estimate of drug-likeness (QED) is 0.521. The Hall–Kier alpha value is -3.41. The Labute approximate surface area is 175 Å². The maximum absolute atomic E-state index is 12.8. The first-order valence-electron chi connectivity index (χ1n) is 10.5. The van der Waals surface area contributed by atoms with Gasteiger partial charge in [-0.25, -0.2) is 9.97 Å². The van der Waals surface area contributed by atoms with Crippen molar-refractivity contribution < 1.29 is 4.79 Å². The van der Waals surface area contributed by atoms with Crippen LogP contribution in [0.4, 0.5) is 5.82 Å². The SMILES string of the molecule is CC(C)n1cc(-c2ccc3c(C(=O)NC4CCC4)cccc3c2)c2c(N)ncnc21. The first-order valence-corrected chi connectivity index (χ1v) is 10.5. The van der Waals surface area contributed by atoms with Crippen LogP contribution in [0.3, 0.4) is 0 Å². The zero-order chi connectivity index (χ0) is 20.8. The Morgan fingerprint density at radius 3 is 2.77 bits per heavy atom. The number of anilines is 1. The number of fused-ring (bicyclic) bond motifs is 2. The summed E-state index contributed by atoms with van der Waals surface area (Å²) in [4.78, 5) is 21.4. The van der Waals surface area contributed by atoms with Gasteiger partial charge >= 0.3 is 0 Å². The minimum absolute atomic E-state index is 0.00658. The number of nitrogens with two attached hydrogens (primary N) is 1. The number of hydrogen-bond acceptors (Lipinski definition) is 4. The minimum atomic E-state index is 0.00658. The van der Waals surface area contributed by atoms with E-state index < -0.39 is 0 Å². The number of nitrogens with zero attached hydrogens (tertiary/aromatic N) is 3. The van der Waals surface area contributed by atoms with Crippen LogP contribution in [0.1, 0.15) is 49.5 Å². The first-order chi connectivity index (χ1) is 14.5. The first kappa shape index (κ1) is 18.6. The Bertz CT molecular complexity index is 1270. The molecule has 1 aliphatic carbocycles. The topological polar surface area (TPSA) is 85.8 Å². The van der Waals surface area contributed by atoms with Crippen LogP contribution in [0.2, 0.25) is 0 Å². The fourth-order valence-corrected chi connectivity index (χ4v) is 4.19. The van der Waals surface area contributed by atoms with E-state index in [0.717, 1.165) is 51.3 Å². The number of carbonyl (C=O) groups excluding carboxylic acids is 1. The van der Waals surface area contributed by atoms with E-state index in [1.807, 2.05) is 30.3 Å². The summed E-state index contributed by atoms with van der Waals surface area (Å²) in [6.07, 6.45) is 6.94. The molecule has 1 fully saturated rings. The van der Waals surface area contributed by atoms with Gasteiger partial charge in [-0.15, -0.1) is 0 Å². The predicted octanol–water partition coefficient (Wildman–Crippen LogP) is 4.70. The van der Waals surface area contributed by atoms with Gasteiger partial charge in [0.15, 0.2) is 0 Å². The van der Waals surface area contributed by atoms with Crippen LogP contribution in [-0.2, 0) is 0 Å². The van der Waals surface area contributed by atoms with E-state index in [9.17, 15) is 4.79 Å². The molecule has 4 aromatic rings. The lowest BCUT2D eigenvalue weighted by Gasteiger charge is -2.26. The lowest BCUT2D eigenvalue weighted by atomic mass is 9.92. The van der Waals surface area contributed by atoms with Crippen LogP contribution in [0.5, 0.6) is 0 Å². The molecule has 0 spiro atoms. The number of rotatable bonds is 4. The summed E-state index contributed by atoms with van der Waals surface area (Å²) in [5.41, 5.74) is 9.82. The molecule has 0 radical (unpaired) electrons. The molecule has 0 unspecified atom stereocenters. The number of hydrogen-bond donors (Lipinski definition) is 2. The Morgan fingerprint density at radius 1 is 1.20 bits per heavy atom. The smallest absolute Gasteiger partial charge is 0.252 e. The molecule has 1 aliphatic rings. The summed E-state index contributed by atoms with van der Waals surface area (Å²) >= 11 is 0. The second-order valence-corrected chi connectivity index (χ2v) is 8.34. The van der Waals surface area contributed by atoms with Gasteiger partial charge in [0.05, 0.1) is 5.39 Å². The molecule has 1 saturated carbocycles. The lowest BCUT2D eigenvalue weighted by Crippen LogP contribution is -2.39. The molecule has 0 aliphatic heterocycles. The van der Waals surface area contributed by atoms with E-state index >= 15 is 0 Å². The van der Waals surface area contributed by atoms with Crippen molar-refractivity contribution >= 4 is 33.5 Å². The standard InChI is InChI=1S/C24H25N5O/c1-14(2)29-12-20(21-22(25)26-13-27-23(21)29)16-9-10-18-15(11-16)5-3-8-19(18)24(30)28-17-6-4-7-17/h3,5,8-14,17H,4,6-7H2,1-2H3,(H,28,30)(H2,25,26,27). The zero-order valence-corrected chi connectivity index (χ0v) is 17.2. The summed E-state index contributed by atoms with van der Waals surface area (Å²) in [5, 5.41) is 5.98. The van der Waals surface area contributed by atoms with Crippen molar-refractivity contribution in [1.82, 2.24) is 19.9 Å². The highest BCUT2D eigenvalue weighted by Crippen LogP contribution is 2.36. The Kier molecular flexibility index (Phi) is 4.42. The van der Waals surface area contributed by atoms with Gasteiger partial charge < -0.3 is 15.6 Å². The summed E-state index contributed by atoms with van der Waals surface area (Å²) in [5.74, 6) is 0.482. The molecule has 5 rings (SSSR count). The number of carbonyl (C=O) groups is 1. The van der Waals surface area contributed by atoms with Crippen LogP contribution in [0, 0.1) is 0 Å². The maximum Gasteiger partial charge on any atom is 0.252 e. The third-order valence-corrected chi connectivity index (χ3v) is 6.07. The van der Waals surface area contributed by atoms with Crippen molar-refractivity contribution in [3.05, 3.63) is 54.5 Å². The third-order valence-electron chi connectivity index (χ3n) is 6.07. The summed E-state index contributed by atoms with van der Waals surface area (Å²) < 4.78 is 2.12. The van der Waals surface area contributed by atoms with Crippen LogP contribution >= 0.6 is 0 Å². The van der Waals surface area contributed by atoms with Crippen LogP contribution in [-0.4, -0.2) is 26.5 Å². The van der Waals surface area contributed by atoms with Gasteiger partial charge in [-0.3, -0.25) is 4.79 Å². The van der Waals surface area contributed by atoms with E-state index in [1.54, 1.807) is 0 Å². The number of amides is 1. The highest BCUT2D eigenvalue weighted by molar-refractivity contribution is 6.09. The Balaban J connectivity index is 1.62. The van der Waals surface area contributed by atoms with Crippen molar-refractivity contribution in [3.8, 4) is 11.1 Å². The van der Waals surface area contributed by atoms with Crippen molar-refractivity contribution in [2.45, 2.75) is 45.2 Å². The summed E-state index contributed by atoms with van der Waals surface area (Å²) in [6.45, 7) is 4.24. The molecular weight excluding hydrogens is 374 g/mol. The van der Waals surface area contributed by atoms with Gasteiger partial charge in [-0.1, -0.05) is 24.3 Å². The number of nitrogen functional groups attached to an aromatic ring is 1. The molecule has 6 nitrogen and oxygen atoms in total. The van der Waals surface area contributed by atoms with E-state index in [1.165, 1.54) is 12.7 Å². The molecule has 2 aromatic heterocycles. The van der Waals surface area contributed by atoms with E-state index in [4.69, 9.17) is 5.73 Å². The highest BCUT2D eigenvalue weighted by Gasteiger charge is 2.21. The molecule has 0 saturated heterocycles. The number of nitrogens with one attached hydrogen (secondary N) is 1. The highest BCUT2D eigenvalue weighted by atomic mass is 16.1. The van der Waals surface area contributed by atoms with E-state index in [2.05, 4.69) is 46.0 Å². The fourth-order valence-electron chi connectivity index (χ4n) is 4.19. The average Bonchev–Trinajstić information content (AvgIpc) is 3.11. The van der Waals surface area contributed by atoms with E-state index in [-0.39, 0.29) is 11.9 Å². The lowest BCUT2D eigenvalue weighted by molar-refractivity contribution is 0.0918. The molecule has 2 heterocycles. The number of benzene rings is 2. The van der Waals surface area contributed by atoms with E-state index in [0.29, 0.717) is 11.9 Å². The van der Waals surface area contributed by atoms with Gasteiger partial charge in [0.1, 0.15) is 17.8 Å². The number of aromatic nitrogens is 3. The van der Waals surface area contributed by atoms with Gasteiger partial charge in [-0.2, -0.15) is 0 Å². The molecule has 3 N–H and O–H groups in total. The summed E-state index contributed by atoms with van der Waals surface area (Å²) in [7, 11) is 0. The van der Waals surface area contributed by atoms with Gasteiger partial charge in [0.25, 0.3) is 5.91 Å². The van der Waals surface area contributed by atoms with Crippen molar-refractivity contribution in [1.29, 1.82) is 0 Å². The van der Waals surface area contributed by atoms with Crippen LogP contribution in [0.15, 0.2) is 48.9 Å². The van der Waals surface area contributed by atoms with Crippen LogP contribution in [0.25, 0.3) is 32.9 Å². The van der Waals surface area contributed by atoms with Crippen molar-refractivity contribution in [2.24, 2.45) is 0 Å². The summed E-state index contributed by atoms with van der Waals surface area (Å²) in [6, 6.07) is 12.6. The van der Waals surface area contributed by atoms with Crippen molar-refractivity contribution in [2.75, 3.05) is 5.73 Å². The molecule has 0 bridgehead atoms. The van der Waals surface area contributed by atoms with Gasteiger partial charge in [0.2, 0.25) is 0 Å². The largest absolute Gasteiger partial charge is 0.383 e.